The van der Waals surface area contributed by atoms with Crippen molar-refractivity contribution in [2.45, 2.75) is 55.2 Å². The minimum absolute atomic E-state index is 0.593. The van der Waals surface area contributed by atoms with Crippen LogP contribution in [-0.2, 0) is 5.75 Å². The first kappa shape index (κ1) is 14.3. The third-order valence-electron chi connectivity index (χ3n) is 3.35. The first-order valence-electron chi connectivity index (χ1n) is 6.93. The van der Waals surface area contributed by atoms with Crippen LogP contribution in [0.15, 0.2) is 9.72 Å². The van der Waals surface area contributed by atoms with Gasteiger partial charge in [0.05, 0.1) is 10.7 Å². The number of hydrogen-bond donors (Lipinski definition) is 1. The SMILES string of the molecule is Cc1nc(CSc2nnc(NC3CCCCC3)s2)cs1. The summed E-state index contributed by atoms with van der Waals surface area (Å²) in [5.74, 6) is 0.877. The number of thioether (sulfide) groups is 1. The van der Waals surface area contributed by atoms with Crippen LogP contribution in [0.5, 0.6) is 0 Å². The smallest absolute Gasteiger partial charge is 0.206 e. The van der Waals surface area contributed by atoms with E-state index in [1.807, 2.05) is 6.92 Å². The lowest BCUT2D eigenvalue weighted by molar-refractivity contribution is 0.462. The Balaban J connectivity index is 1.51. The molecule has 2 aromatic rings. The molecule has 108 valence electrons. The first-order valence-corrected chi connectivity index (χ1v) is 9.61. The summed E-state index contributed by atoms with van der Waals surface area (Å²) >= 11 is 5.08. The molecular weight excluding hydrogens is 308 g/mol. The van der Waals surface area contributed by atoms with Crippen molar-refractivity contribution in [3.63, 3.8) is 0 Å². The average Bonchev–Trinajstić information content (AvgIpc) is 3.07. The van der Waals surface area contributed by atoms with E-state index in [0.29, 0.717) is 6.04 Å². The Hall–Kier alpha value is -0.660. The Morgan fingerprint density at radius 2 is 2.15 bits per heavy atom. The molecule has 0 unspecified atom stereocenters. The van der Waals surface area contributed by atoms with Gasteiger partial charge in [-0.25, -0.2) is 4.98 Å². The summed E-state index contributed by atoms with van der Waals surface area (Å²) in [5.41, 5.74) is 1.13. The molecule has 1 fully saturated rings. The Morgan fingerprint density at radius 3 is 2.90 bits per heavy atom. The van der Waals surface area contributed by atoms with Crippen molar-refractivity contribution < 1.29 is 0 Å². The molecule has 7 heteroatoms. The highest BCUT2D eigenvalue weighted by Crippen LogP contribution is 2.30. The quantitative estimate of drug-likeness (QED) is 0.828. The molecule has 3 rings (SSSR count). The van der Waals surface area contributed by atoms with E-state index in [2.05, 4.69) is 25.9 Å². The number of anilines is 1. The van der Waals surface area contributed by atoms with Crippen LogP contribution in [0.3, 0.4) is 0 Å². The van der Waals surface area contributed by atoms with E-state index in [4.69, 9.17) is 0 Å². The van der Waals surface area contributed by atoms with Gasteiger partial charge in [-0.2, -0.15) is 0 Å². The van der Waals surface area contributed by atoms with Crippen molar-refractivity contribution in [1.82, 2.24) is 15.2 Å². The highest BCUT2D eigenvalue weighted by Gasteiger charge is 2.15. The maximum Gasteiger partial charge on any atom is 0.206 e. The molecule has 0 atom stereocenters. The van der Waals surface area contributed by atoms with Crippen molar-refractivity contribution in [2.75, 3.05) is 5.32 Å². The van der Waals surface area contributed by atoms with Gasteiger partial charge in [0.15, 0.2) is 4.34 Å². The fourth-order valence-corrected chi connectivity index (χ4v) is 4.80. The zero-order valence-corrected chi connectivity index (χ0v) is 13.9. The largest absolute Gasteiger partial charge is 0.357 e. The van der Waals surface area contributed by atoms with Crippen LogP contribution in [0.25, 0.3) is 0 Å². The van der Waals surface area contributed by atoms with Crippen LogP contribution < -0.4 is 5.32 Å². The zero-order valence-electron chi connectivity index (χ0n) is 11.5. The molecule has 0 saturated heterocycles. The summed E-state index contributed by atoms with van der Waals surface area (Å²) in [5, 5.41) is 16.2. The van der Waals surface area contributed by atoms with Gasteiger partial charge in [0.2, 0.25) is 5.13 Å². The highest BCUT2D eigenvalue weighted by molar-refractivity contribution is 8.00. The number of thiazole rings is 1. The van der Waals surface area contributed by atoms with E-state index in [-0.39, 0.29) is 0 Å². The third kappa shape index (κ3) is 3.93. The average molecular weight is 327 g/mol. The topological polar surface area (TPSA) is 50.7 Å². The second kappa shape index (κ2) is 6.87. The van der Waals surface area contributed by atoms with Crippen LogP contribution in [0.4, 0.5) is 5.13 Å². The second-order valence-electron chi connectivity index (χ2n) is 5.00. The van der Waals surface area contributed by atoms with Gasteiger partial charge in [0, 0.05) is 17.2 Å². The van der Waals surface area contributed by atoms with Gasteiger partial charge in [0.1, 0.15) is 0 Å². The fraction of sp³-hybridized carbons (Fsp3) is 0.615. The van der Waals surface area contributed by atoms with E-state index >= 15 is 0 Å². The monoisotopic (exact) mass is 326 g/mol. The Labute approximate surface area is 131 Å². The van der Waals surface area contributed by atoms with E-state index < -0.39 is 0 Å². The number of rotatable bonds is 5. The standard InChI is InChI=1S/C13H18N4S3/c1-9-14-11(7-18-9)8-19-13-17-16-12(20-13)15-10-5-3-2-4-6-10/h7,10H,2-6,8H2,1H3,(H,15,16). The normalized spacial score (nSPS) is 16.4. The maximum absolute atomic E-state index is 4.46. The molecule has 1 aliphatic carbocycles. The zero-order chi connectivity index (χ0) is 13.8. The molecule has 1 N–H and O–H groups in total. The Kier molecular flexibility index (Phi) is 4.90. The van der Waals surface area contributed by atoms with E-state index in [1.54, 1.807) is 34.4 Å². The predicted molar refractivity (Wildman–Crippen MR) is 86.8 cm³/mol. The highest BCUT2D eigenvalue weighted by atomic mass is 32.2. The number of hydrogen-bond acceptors (Lipinski definition) is 7. The van der Waals surface area contributed by atoms with Gasteiger partial charge in [-0.15, -0.1) is 21.5 Å². The molecule has 20 heavy (non-hydrogen) atoms. The van der Waals surface area contributed by atoms with E-state index in [1.165, 1.54) is 32.1 Å². The van der Waals surface area contributed by atoms with Gasteiger partial charge in [0.25, 0.3) is 0 Å². The third-order valence-corrected chi connectivity index (χ3v) is 6.19. The lowest BCUT2D eigenvalue weighted by atomic mass is 9.96. The molecule has 1 aliphatic rings. The summed E-state index contributed by atoms with van der Waals surface area (Å²) in [6, 6.07) is 0.593. The fourth-order valence-electron chi connectivity index (χ4n) is 2.36. The Morgan fingerprint density at radius 1 is 1.30 bits per heavy atom. The van der Waals surface area contributed by atoms with Crippen molar-refractivity contribution in [3.05, 3.63) is 16.1 Å². The Bertz CT molecular complexity index is 545. The molecule has 0 amide bonds. The van der Waals surface area contributed by atoms with Crippen LogP contribution in [0, 0.1) is 6.92 Å². The summed E-state index contributed by atoms with van der Waals surface area (Å²) < 4.78 is 1.02. The molecule has 0 bridgehead atoms. The van der Waals surface area contributed by atoms with Gasteiger partial charge in [-0.3, -0.25) is 0 Å². The minimum atomic E-state index is 0.593. The number of nitrogens with one attached hydrogen (secondary N) is 1. The lowest BCUT2D eigenvalue weighted by Crippen LogP contribution is -2.21. The molecule has 2 aromatic heterocycles. The van der Waals surface area contributed by atoms with Crippen LogP contribution in [-0.4, -0.2) is 21.2 Å². The van der Waals surface area contributed by atoms with Gasteiger partial charge in [-0.1, -0.05) is 42.4 Å². The summed E-state index contributed by atoms with van der Waals surface area (Å²) in [7, 11) is 0. The number of aryl methyl sites for hydroxylation is 1. The van der Waals surface area contributed by atoms with Crippen molar-refractivity contribution in [1.29, 1.82) is 0 Å². The summed E-state index contributed by atoms with van der Waals surface area (Å²) in [6.07, 6.45) is 6.57. The van der Waals surface area contributed by atoms with Crippen molar-refractivity contribution in [2.24, 2.45) is 0 Å². The maximum atomic E-state index is 4.46. The first-order chi connectivity index (χ1) is 9.79. The molecule has 4 nitrogen and oxygen atoms in total. The van der Waals surface area contributed by atoms with Gasteiger partial charge < -0.3 is 5.32 Å². The minimum Gasteiger partial charge on any atom is -0.357 e. The molecular formula is C13H18N4S3. The molecule has 2 heterocycles. The van der Waals surface area contributed by atoms with E-state index in [0.717, 1.165) is 25.9 Å². The molecule has 1 saturated carbocycles. The molecule has 0 spiro atoms. The second-order valence-corrected chi connectivity index (χ2v) is 8.26. The van der Waals surface area contributed by atoms with Gasteiger partial charge >= 0.3 is 0 Å². The molecule has 0 radical (unpaired) electrons. The van der Waals surface area contributed by atoms with Crippen LogP contribution >= 0.6 is 34.4 Å². The molecule has 0 aliphatic heterocycles. The van der Waals surface area contributed by atoms with Crippen LogP contribution in [0.2, 0.25) is 0 Å². The predicted octanol–water partition coefficient (Wildman–Crippen LogP) is 4.34. The van der Waals surface area contributed by atoms with Crippen molar-refractivity contribution in [3.8, 4) is 0 Å². The number of nitrogens with zero attached hydrogens (tertiary/aromatic N) is 3. The van der Waals surface area contributed by atoms with E-state index in [9.17, 15) is 0 Å². The summed E-state index contributed by atoms with van der Waals surface area (Å²) in [4.78, 5) is 4.46. The van der Waals surface area contributed by atoms with Crippen LogP contribution in [0.1, 0.15) is 42.8 Å². The lowest BCUT2D eigenvalue weighted by Gasteiger charge is -2.21. The number of aromatic nitrogens is 3. The van der Waals surface area contributed by atoms with Crippen molar-refractivity contribution >= 4 is 39.6 Å². The summed E-state index contributed by atoms with van der Waals surface area (Å²) in [6.45, 7) is 2.04. The van der Waals surface area contributed by atoms with Gasteiger partial charge in [-0.05, 0) is 19.8 Å². The molecule has 0 aromatic carbocycles.